The van der Waals surface area contributed by atoms with E-state index >= 15 is 0 Å². The summed E-state index contributed by atoms with van der Waals surface area (Å²) in [4.78, 5) is 12.9. The third-order valence-electron chi connectivity index (χ3n) is 4.07. The number of aromatic nitrogens is 3. The lowest BCUT2D eigenvalue weighted by Gasteiger charge is -2.34. The summed E-state index contributed by atoms with van der Waals surface area (Å²) in [5.41, 5.74) is 7.72. The largest absolute Gasteiger partial charge is 0.391 e. The molecule has 0 aromatic carbocycles. The standard InChI is InChI=1S/C16H25N5O/c1-5-6-7-16(4,11(3)22)21-14-13-12(19-15(17)20-14)8-10(2)9-18-13/h8-9,11,22H,5-7H2,1-4H3,(H3,17,19,20,21)/t11?,16-/m1/s1. The first-order valence-corrected chi connectivity index (χ1v) is 7.72. The molecule has 0 spiro atoms. The molecule has 0 fully saturated rings. The third-order valence-corrected chi connectivity index (χ3v) is 4.07. The second-order valence-corrected chi connectivity index (χ2v) is 6.13. The van der Waals surface area contributed by atoms with Gasteiger partial charge in [-0.15, -0.1) is 0 Å². The van der Waals surface area contributed by atoms with Crippen LogP contribution in [0.4, 0.5) is 11.8 Å². The number of rotatable bonds is 6. The van der Waals surface area contributed by atoms with Crippen molar-refractivity contribution >= 4 is 22.8 Å². The van der Waals surface area contributed by atoms with Gasteiger partial charge in [-0.2, -0.15) is 4.98 Å². The van der Waals surface area contributed by atoms with Crippen LogP contribution in [0.5, 0.6) is 0 Å². The highest BCUT2D eigenvalue weighted by atomic mass is 16.3. The van der Waals surface area contributed by atoms with E-state index < -0.39 is 11.6 Å². The van der Waals surface area contributed by atoms with Crippen LogP contribution in [0, 0.1) is 6.92 Å². The molecule has 0 aliphatic rings. The van der Waals surface area contributed by atoms with Gasteiger partial charge in [0.2, 0.25) is 5.95 Å². The van der Waals surface area contributed by atoms with Crippen molar-refractivity contribution in [1.29, 1.82) is 0 Å². The number of nitrogens with one attached hydrogen (secondary N) is 1. The van der Waals surface area contributed by atoms with Gasteiger partial charge in [0.05, 0.1) is 17.2 Å². The van der Waals surface area contributed by atoms with Crippen molar-refractivity contribution in [3.63, 3.8) is 0 Å². The molecule has 6 heteroatoms. The summed E-state index contributed by atoms with van der Waals surface area (Å²) in [6.07, 6.45) is 4.15. The van der Waals surface area contributed by atoms with E-state index in [9.17, 15) is 5.11 Å². The van der Waals surface area contributed by atoms with Crippen LogP contribution in [0.1, 0.15) is 45.6 Å². The molecule has 120 valence electrons. The highest BCUT2D eigenvalue weighted by Gasteiger charge is 2.30. The topological polar surface area (TPSA) is 97.0 Å². The van der Waals surface area contributed by atoms with E-state index in [1.54, 1.807) is 13.1 Å². The first kappa shape index (κ1) is 16.4. The summed E-state index contributed by atoms with van der Waals surface area (Å²) in [5, 5.41) is 13.5. The molecular weight excluding hydrogens is 278 g/mol. The Kier molecular flexibility index (Phi) is 4.81. The number of aliphatic hydroxyl groups excluding tert-OH is 1. The predicted octanol–water partition coefficient (Wildman–Crippen LogP) is 2.66. The molecule has 2 aromatic heterocycles. The van der Waals surface area contributed by atoms with Gasteiger partial charge in [0, 0.05) is 6.20 Å². The lowest BCUT2D eigenvalue weighted by atomic mass is 9.89. The van der Waals surface area contributed by atoms with Crippen molar-refractivity contribution in [3.05, 3.63) is 17.8 Å². The fourth-order valence-electron chi connectivity index (χ4n) is 2.41. The second-order valence-electron chi connectivity index (χ2n) is 6.13. The average molecular weight is 303 g/mol. The number of aliphatic hydroxyl groups is 1. The van der Waals surface area contributed by atoms with Crippen molar-refractivity contribution in [2.24, 2.45) is 0 Å². The van der Waals surface area contributed by atoms with Crippen molar-refractivity contribution in [2.45, 2.75) is 58.6 Å². The predicted molar refractivity (Wildman–Crippen MR) is 89.7 cm³/mol. The number of pyridine rings is 1. The first-order chi connectivity index (χ1) is 10.4. The molecule has 6 nitrogen and oxygen atoms in total. The second kappa shape index (κ2) is 6.44. The number of nitrogen functional groups attached to an aromatic ring is 1. The summed E-state index contributed by atoms with van der Waals surface area (Å²) in [7, 11) is 0. The van der Waals surface area contributed by atoms with Crippen LogP contribution in [0.3, 0.4) is 0 Å². The number of aryl methyl sites for hydroxylation is 1. The number of fused-ring (bicyclic) bond motifs is 1. The summed E-state index contributed by atoms with van der Waals surface area (Å²) >= 11 is 0. The zero-order valence-electron chi connectivity index (χ0n) is 13.7. The zero-order valence-corrected chi connectivity index (χ0v) is 13.7. The molecule has 4 N–H and O–H groups in total. The average Bonchev–Trinajstić information content (AvgIpc) is 2.44. The molecule has 1 unspecified atom stereocenters. The van der Waals surface area contributed by atoms with E-state index in [1.807, 2.05) is 19.9 Å². The molecule has 0 bridgehead atoms. The molecule has 2 aromatic rings. The number of anilines is 2. The van der Waals surface area contributed by atoms with E-state index in [4.69, 9.17) is 5.73 Å². The van der Waals surface area contributed by atoms with Gasteiger partial charge in [0.15, 0.2) is 5.82 Å². The van der Waals surface area contributed by atoms with Crippen LogP contribution >= 0.6 is 0 Å². The monoisotopic (exact) mass is 303 g/mol. The Morgan fingerprint density at radius 2 is 2.14 bits per heavy atom. The van der Waals surface area contributed by atoms with E-state index in [2.05, 4.69) is 27.2 Å². The zero-order chi connectivity index (χ0) is 16.3. The van der Waals surface area contributed by atoms with Crippen LogP contribution in [-0.4, -0.2) is 31.7 Å². The maximum Gasteiger partial charge on any atom is 0.222 e. The molecule has 2 atom stereocenters. The SMILES string of the molecule is CCCC[C@@](C)(Nc1nc(N)nc2cc(C)cnc12)C(C)O. The number of hydrogen-bond acceptors (Lipinski definition) is 6. The minimum absolute atomic E-state index is 0.200. The summed E-state index contributed by atoms with van der Waals surface area (Å²) < 4.78 is 0. The quantitative estimate of drug-likeness (QED) is 0.759. The molecule has 0 aliphatic heterocycles. The Hall–Kier alpha value is -1.95. The molecule has 2 rings (SSSR count). The van der Waals surface area contributed by atoms with Crippen LogP contribution in [0.25, 0.3) is 11.0 Å². The Balaban J connectivity index is 2.44. The van der Waals surface area contributed by atoms with Crippen molar-refractivity contribution in [2.75, 3.05) is 11.1 Å². The van der Waals surface area contributed by atoms with Crippen LogP contribution < -0.4 is 11.1 Å². The molecule has 0 saturated heterocycles. The van der Waals surface area contributed by atoms with E-state index in [0.29, 0.717) is 16.9 Å². The Labute approximate surface area is 131 Å². The summed E-state index contributed by atoms with van der Waals surface area (Å²) in [6.45, 7) is 7.86. The molecule has 0 radical (unpaired) electrons. The maximum absolute atomic E-state index is 10.2. The normalized spacial score (nSPS) is 15.5. The summed E-state index contributed by atoms with van der Waals surface area (Å²) in [6, 6.07) is 1.93. The van der Waals surface area contributed by atoms with Gasteiger partial charge >= 0.3 is 0 Å². The van der Waals surface area contributed by atoms with Gasteiger partial charge in [-0.05, 0) is 38.8 Å². The highest BCUT2D eigenvalue weighted by Crippen LogP contribution is 2.27. The van der Waals surface area contributed by atoms with Gasteiger partial charge in [0.1, 0.15) is 5.52 Å². The maximum atomic E-state index is 10.2. The van der Waals surface area contributed by atoms with Gasteiger partial charge in [-0.1, -0.05) is 19.8 Å². The molecule has 0 aliphatic carbocycles. The molecule has 0 amide bonds. The van der Waals surface area contributed by atoms with E-state index in [-0.39, 0.29) is 5.95 Å². The lowest BCUT2D eigenvalue weighted by Crippen LogP contribution is -2.45. The van der Waals surface area contributed by atoms with Crippen LogP contribution in [0.2, 0.25) is 0 Å². The third kappa shape index (κ3) is 3.44. The smallest absolute Gasteiger partial charge is 0.222 e. The lowest BCUT2D eigenvalue weighted by molar-refractivity contribution is 0.116. The van der Waals surface area contributed by atoms with E-state index in [0.717, 1.165) is 24.8 Å². The number of nitrogens with two attached hydrogens (primary N) is 1. The number of hydrogen-bond donors (Lipinski definition) is 3. The number of nitrogens with zero attached hydrogens (tertiary/aromatic N) is 3. The fourth-order valence-corrected chi connectivity index (χ4v) is 2.41. The molecule has 22 heavy (non-hydrogen) atoms. The van der Waals surface area contributed by atoms with Crippen LogP contribution in [0.15, 0.2) is 12.3 Å². The molecule has 0 saturated carbocycles. The van der Waals surface area contributed by atoms with Crippen molar-refractivity contribution in [1.82, 2.24) is 15.0 Å². The van der Waals surface area contributed by atoms with Gasteiger partial charge in [-0.25, -0.2) is 4.98 Å². The van der Waals surface area contributed by atoms with Gasteiger partial charge in [0.25, 0.3) is 0 Å². The minimum Gasteiger partial charge on any atom is -0.391 e. The van der Waals surface area contributed by atoms with Gasteiger partial charge < -0.3 is 16.2 Å². The molecule has 2 heterocycles. The van der Waals surface area contributed by atoms with Gasteiger partial charge in [-0.3, -0.25) is 4.98 Å². The van der Waals surface area contributed by atoms with Crippen LogP contribution in [-0.2, 0) is 0 Å². The van der Waals surface area contributed by atoms with Crippen molar-refractivity contribution in [3.8, 4) is 0 Å². The number of unbranched alkanes of at least 4 members (excludes halogenated alkanes) is 1. The Morgan fingerprint density at radius 1 is 1.41 bits per heavy atom. The highest BCUT2D eigenvalue weighted by molar-refractivity contribution is 5.86. The fraction of sp³-hybridized carbons (Fsp3) is 0.562. The van der Waals surface area contributed by atoms with Crippen molar-refractivity contribution < 1.29 is 5.11 Å². The Bertz CT molecular complexity index is 653. The molecular formula is C16H25N5O. The summed E-state index contributed by atoms with van der Waals surface area (Å²) in [5.74, 6) is 0.771. The minimum atomic E-state index is -0.532. The Morgan fingerprint density at radius 3 is 2.77 bits per heavy atom. The van der Waals surface area contributed by atoms with E-state index in [1.165, 1.54) is 0 Å². The first-order valence-electron chi connectivity index (χ1n) is 7.72.